The number of halogens is 1. The largest absolute Gasteiger partial charge is 0.385 e. The number of aromatic nitrogens is 2. The molecule has 7 heteroatoms. The molecule has 118 valence electrons. The SMILES string of the molecule is COCCn1ncc(NCC2(CCOC)CC2)c(Br)c1=O. The van der Waals surface area contributed by atoms with Crippen LogP contribution in [0.5, 0.6) is 0 Å². The van der Waals surface area contributed by atoms with Gasteiger partial charge in [-0.15, -0.1) is 0 Å². The number of ether oxygens (including phenoxy) is 2. The second kappa shape index (κ2) is 7.38. The molecule has 0 spiro atoms. The van der Waals surface area contributed by atoms with Crippen molar-refractivity contribution in [1.82, 2.24) is 9.78 Å². The second-order valence-corrected chi connectivity index (χ2v) is 6.28. The lowest BCUT2D eigenvalue weighted by atomic mass is 10.0. The molecule has 1 saturated carbocycles. The van der Waals surface area contributed by atoms with Crippen molar-refractivity contribution in [2.24, 2.45) is 5.41 Å². The molecule has 1 N–H and O–H groups in total. The molecule has 1 aliphatic carbocycles. The van der Waals surface area contributed by atoms with Gasteiger partial charge in [-0.25, -0.2) is 4.68 Å². The molecule has 1 aromatic heterocycles. The highest BCUT2D eigenvalue weighted by Gasteiger charge is 2.41. The van der Waals surface area contributed by atoms with Crippen molar-refractivity contribution in [1.29, 1.82) is 0 Å². The average molecular weight is 360 g/mol. The Morgan fingerprint density at radius 2 is 2.10 bits per heavy atom. The van der Waals surface area contributed by atoms with E-state index in [0.29, 0.717) is 23.0 Å². The molecule has 0 radical (unpaired) electrons. The molecule has 0 saturated heterocycles. The van der Waals surface area contributed by atoms with Crippen molar-refractivity contribution < 1.29 is 9.47 Å². The van der Waals surface area contributed by atoms with Crippen LogP contribution in [0.15, 0.2) is 15.5 Å². The normalized spacial score (nSPS) is 16.0. The third-order valence-electron chi connectivity index (χ3n) is 3.94. The Hall–Kier alpha value is -0.920. The van der Waals surface area contributed by atoms with E-state index in [-0.39, 0.29) is 5.56 Å². The molecule has 0 unspecified atom stereocenters. The molecular weight excluding hydrogens is 338 g/mol. The number of rotatable bonds is 9. The van der Waals surface area contributed by atoms with E-state index in [2.05, 4.69) is 26.3 Å². The monoisotopic (exact) mass is 359 g/mol. The van der Waals surface area contributed by atoms with Crippen LogP contribution in [0.25, 0.3) is 0 Å². The summed E-state index contributed by atoms with van der Waals surface area (Å²) >= 11 is 3.36. The Bertz CT molecular complexity index is 529. The highest BCUT2D eigenvalue weighted by Crippen LogP contribution is 2.48. The lowest BCUT2D eigenvalue weighted by Gasteiger charge is -2.17. The van der Waals surface area contributed by atoms with Crippen molar-refractivity contribution in [2.45, 2.75) is 25.8 Å². The lowest BCUT2D eigenvalue weighted by Crippen LogP contribution is -2.27. The number of nitrogens with one attached hydrogen (secondary N) is 1. The predicted molar refractivity (Wildman–Crippen MR) is 84.7 cm³/mol. The first kappa shape index (κ1) is 16.5. The van der Waals surface area contributed by atoms with Gasteiger partial charge in [0.05, 0.1) is 25.0 Å². The fraction of sp³-hybridized carbons (Fsp3) is 0.714. The molecule has 21 heavy (non-hydrogen) atoms. The maximum Gasteiger partial charge on any atom is 0.283 e. The average Bonchev–Trinajstić information content (AvgIpc) is 3.26. The Labute approximate surface area is 132 Å². The van der Waals surface area contributed by atoms with Gasteiger partial charge in [0, 0.05) is 27.4 Å². The summed E-state index contributed by atoms with van der Waals surface area (Å²) in [4.78, 5) is 12.1. The van der Waals surface area contributed by atoms with Crippen LogP contribution in [0.2, 0.25) is 0 Å². The third kappa shape index (κ3) is 4.28. The summed E-state index contributed by atoms with van der Waals surface area (Å²) in [6, 6.07) is 0. The summed E-state index contributed by atoms with van der Waals surface area (Å²) in [5.74, 6) is 0. The van der Waals surface area contributed by atoms with Gasteiger partial charge in [0.15, 0.2) is 0 Å². The van der Waals surface area contributed by atoms with Gasteiger partial charge in [-0.05, 0) is 40.6 Å². The molecule has 6 nitrogen and oxygen atoms in total. The Morgan fingerprint density at radius 3 is 2.71 bits per heavy atom. The molecule has 0 amide bonds. The van der Waals surface area contributed by atoms with Crippen molar-refractivity contribution >= 4 is 21.6 Å². The van der Waals surface area contributed by atoms with Gasteiger partial charge >= 0.3 is 0 Å². The zero-order chi connectivity index (χ0) is 15.3. The van der Waals surface area contributed by atoms with Crippen LogP contribution in [-0.2, 0) is 16.0 Å². The van der Waals surface area contributed by atoms with Gasteiger partial charge in [-0.2, -0.15) is 5.10 Å². The number of nitrogens with zero attached hydrogens (tertiary/aromatic N) is 2. The minimum Gasteiger partial charge on any atom is -0.385 e. The Kier molecular flexibility index (Phi) is 5.78. The molecule has 1 aliphatic rings. The van der Waals surface area contributed by atoms with Crippen molar-refractivity contribution in [3.05, 3.63) is 21.0 Å². The van der Waals surface area contributed by atoms with E-state index in [1.165, 1.54) is 17.5 Å². The molecular formula is C14H22BrN3O3. The number of anilines is 1. The first-order valence-corrected chi connectivity index (χ1v) is 7.88. The van der Waals surface area contributed by atoms with Gasteiger partial charge in [-0.1, -0.05) is 0 Å². The van der Waals surface area contributed by atoms with Gasteiger partial charge in [-0.3, -0.25) is 4.79 Å². The second-order valence-electron chi connectivity index (χ2n) is 5.49. The number of hydrogen-bond acceptors (Lipinski definition) is 5. The van der Waals surface area contributed by atoms with Crippen LogP contribution in [0.1, 0.15) is 19.3 Å². The first-order chi connectivity index (χ1) is 10.1. The molecule has 0 atom stereocenters. The third-order valence-corrected chi connectivity index (χ3v) is 4.71. The summed E-state index contributed by atoms with van der Waals surface area (Å²) in [5, 5.41) is 7.51. The summed E-state index contributed by atoms with van der Waals surface area (Å²) in [6.07, 6.45) is 5.15. The standard InChI is InChI=1S/C14H22BrN3O3/c1-20-7-5-14(3-4-14)10-16-11-9-17-18(6-8-21-2)13(19)12(11)15/h9,16H,3-8,10H2,1-2H3. The minimum atomic E-state index is -0.140. The van der Waals surface area contributed by atoms with Crippen LogP contribution in [0, 0.1) is 5.41 Å². The van der Waals surface area contributed by atoms with Gasteiger partial charge in [0.25, 0.3) is 5.56 Å². The predicted octanol–water partition coefficient (Wildman–Crippen LogP) is 1.88. The molecule has 1 fully saturated rings. The Morgan fingerprint density at radius 1 is 1.38 bits per heavy atom. The Balaban J connectivity index is 1.98. The maximum absolute atomic E-state index is 12.1. The molecule has 1 aromatic rings. The molecule has 0 aliphatic heterocycles. The number of methoxy groups -OCH3 is 2. The van der Waals surface area contributed by atoms with Crippen LogP contribution < -0.4 is 10.9 Å². The van der Waals surface area contributed by atoms with Gasteiger partial charge in [0.1, 0.15) is 4.47 Å². The molecule has 1 heterocycles. The zero-order valence-corrected chi connectivity index (χ0v) is 14.1. The summed E-state index contributed by atoms with van der Waals surface area (Å²) in [5.41, 5.74) is 0.927. The number of hydrogen-bond donors (Lipinski definition) is 1. The minimum absolute atomic E-state index is 0.140. The quantitative estimate of drug-likeness (QED) is 0.729. The summed E-state index contributed by atoms with van der Waals surface area (Å²) in [7, 11) is 3.33. The molecule has 2 rings (SSSR count). The topological polar surface area (TPSA) is 65.4 Å². The smallest absolute Gasteiger partial charge is 0.283 e. The van der Waals surface area contributed by atoms with Gasteiger partial charge in [0.2, 0.25) is 0 Å². The first-order valence-electron chi connectivity index (χ1n) is 7.09. The van der Waals surface area contributed by atoms with Gasteiger partial charge < -0.3 is 14.8 Å². The van der Waals surface area contributed by atoms with Crippen molar-refractivity contribution in [2.75, 3.05) is 39.3 Å². The van der Waals surface area contributed by atoms with E-state index in [9.17, 15) is 4.79 Å². The molecule has 0 aromatic carbocycles. The highest BCUT2D eigenvalue weighted by atomic mass is 79.9. The highest BCUT2D eigenvalue weighted by molar-refractivity contribution is 9.10. The fourth-order valence-electron chi connectivity index (χ4n) is 2.22. The summed E-state index contributed by atoms with van der Waals surface area (Å²) in [6.45, 7) is 2.54. The van der Waals surface area contributed by atoms with E-state index in [4.69, 9.17) is 9.47 Å². The lowest BCUT2D eigenvalue weighted by molar-refractivity contribution is 0.175. The van der Waals surface area contributed by atoms with Crippen LogP contribution in [-0.4, -0.2) is 43.8 Å². The zero-order valence-electron chi connectivity index (χ0n) is 12.5. The van der Waals surface area contributed by atoms with Crippen LogP contribution in [0.4, 0.5) is 5.69 Å². The summed E-state index contributed by atoms with van der Waals surface area (Å²) < 4.78 is 12.0. The van der Waals surface area contributed by atoms with Crippen molar-refractivity contribution in [3.8, 4) is 0 Å². The van der Waals surface area contributed by atoms with E-state index in [1.54, 1.807) is 20.4 Å². The van der Waals surface area contributed by atoms with Crippen molar-refractivity contribution in [3.63, 3.8) is 0 Å². The molecule has 0 bridgehead atoms. The van der Waals surface area contributed by atoms with Crippen LogP contribution in [0.3, 0.4) is 0 Å². The van der Waals surface area contributed by atoms with E-state index in [0.717, 1.165) is 25.3 Å². The maximum atomic E-state index is 12.1. The van der Waals surface area contributed by atoms with E-state index in [1.807, 2.05) is 0 Å². The van der Waals surface area contributed by atoms with Crippen LogP contribution >= 0.6 is 15.9 Å². The fourth-order valence-corrected chi connectivity index (χ4v) is 2.67. The van der Waals surface area contributed by atoms with E-state index < -0.39 is 0 Å². The van der Waals surface area contributed by atoms with E-state index >= 15 is 0 Å².